The van der Waals surface area contributed by atoms with Gasteiger partial charge in [0.25, 0.3) is 0 Å². The first-order valence-corrected chi connectivity index (χ1v) is 8.08. The van der Waals surface area contributed by atoms with Crippen molar-refractivity contribution in [1.82, 2.24) is 9.88 Å². The molecule has 0 saturated heterocycles. The van der Waals surface area contributed by atoms with Gasteiger partial charge in [-0.3, -0.25) is 4.79 Å². The van der Waals surface area contributed by atoms with E-state index in [1.165, 1.54) is 25.5 Å². The van der Waals surface area contributed by atoms with Gasteiger partial charge >= 0.3 is 6.09 Å². The number of thiazole rings is 1. The Hall–Kier alpha value is -2.72. The molecule has 0 radical (unpaired) electrons. The summed E-state index contributed by atoms with van der Waals surface area (Å²) in [5, 5.41) is 11.6. The van der Waals surface area contributed by atoms with Crippen molar-refractivity contribution in [3.8, 4) is 17.3 Å². The van der Waals surface area contributed by atoms with Crippen LogP contribution in [0.1, 0.15) is 16.5 Å². The zero-order valence-electron chi connectivity index (χ0n) is 13.6. The molecule has 2 rings (SSSR count). The van der Waals surface area contributed by atoms with Gasteiger partial charge in [0.05, 0.1) is 25.4 Å². The molecular weight excluding hydrogens is 326 g/mol. The fraction of sp³-hybridized carbons (Fsp3) is 0.294. The molecule has 0 spiro atoms. The SMILES string of the molecule is COC(=O)N(C)CC(=O)C(C#N)c1nc(-c2ccc(C)cc2)cs1. The Morgan fingerprint density at radius 2 is 2.04 bits per heavy atom. The second-order valence-electron chi connectivity index (χ2n) is 5.29. The van der Waals surface area contributed by atoms with Crippen molar-refractivity contribution in [3.05, 3.63) is 40.2 Å². The number of Topliss-reactive ketones (excluding diaryl/α,β-unsaturated/α-hetero) is 1. The highest BCUT2D eigenvalue weighted by Gasteiger charge is 2.26. The Morgan fingerprint density at radius 1 is 1.38 bits per heavy atom. The summed E-state index contributed by atoms with van der Waals surface area (Å²) in [6, 6.07) is 9.83. The molecule has 6 nitrogen and oxygen atoms in total. The second-order valence-corrected chi connectivity index (χ2v) is 6.18. The van der Waals surface area contributed by atoms with Crippen LogP contribution in [-0.4, -0.2) is 42.5 Å². The van der Waals surface area contributed by atoms with E-state index in [1.807, 2.05) is 42.6 Å². The molecule has 1 atom stereocenters. The largest absolute Gasteiger partial charge is 0.453 e. The van der Waals surface area contributed by atoms with Gasteiger partial charge in [-0.1, -0.05) is 29.8 Å². The molecule has 1 amide bonds. The van der Waals surface area contributed by atoms with Gasteiger partial charge in [-0.15, -0.1) is 11.3 Å². The minimum atomic E-state index is -0.999. The van der Waals surface area contributed by atoms with E-state index in [0.29, 0.717) is 5.01 Å². The van der Waals surface area contributed by atoms with E-state index in [4.69, 9.17) is 0 Å². The number of hydrogen-bond acceptors (Lipinski definition) is 6. The molecular formula is C17H17N3O3S. The van der Waals surface area contributed by atoms with E-state index in [2.05, 4.69) is 9.72 Å². The number of carbonyl (C=O) groups is 2. The summed E-state index contributed by atoms with van der Waals surface area (Å²) in [6.45, 7) is 1.79. The van der Waals surface area contributed by atoms with E-state index >= 15 is 0 Å². The number of ether oxygens (including phenoxy) is 1. The number of carbonyl (C=O) groups excluding carboxylic acids is 2. The first kappa shape index (κ1) is 17.6. The minimum Gasteiger partial charge on any atom is -0.453 e. The van der Waals surface area contributed by atoms with E-state index in [-0.39, 0.29) is 6.54 Å². The lowest BCUT2D eigenvalue weighted by atomic mass is 10.1. The van der Waals surface area contributed by atoms with Crippen molar-refractivity contribution in [1.29, 1.82) is 5.26 Å². The topological polar surface area (TPSA) is 83.3 Å². The summed E-state index contributed by atoms with van der Waals surface area (Å²) in [7, 11) is 2.68. The number of amides is 1. The van der Waals surface area contributed by atoms with Crippen LogP contribution in [0.15, 0.2) is 29.6 Å². The number of ketones is 1. The van der Waals surface area contributed by atoms with Crippen LogP contribution < -0.4 is 0 Å². The fourth-order valence-electron chi connectivity index (χ4n) is 2.09. The zero-order chi connectivity index (χ0) is 17.7. The maximum absolute atomic E-state index is 12.3. The van der Waals surface area contributed by atoms with Crippen molar-refractivity contribution in [2.75, 3.05) is 20.7 Å². The lowest BCUT2D eigenvalue weighted by Crippen LogP contribution is -2.34. The Balaban J connectivity index is 2.17. The summed E-state index contributed by atoms with van der Waals surface area (Å²) >= 11 is 1.26. The monoisotopic (exact) mass is 343 g/mol. The molecule has 124 valence electrons. The van der Waals surface area contributed by atoms with Gasteiger partial charge in [0, 0.05) is 18.0 Å². The Labute approximate surface area is 144 Å². The molecule has 0 fully saturated rings. The maximum atomic E-state index is 12.3. The number of aromatic nitrogens is 1. The van der Waals surface area contributed by atoms with Crippen LogP contribution in [0.2, 0.25) is 0 Å². The third kappa shape index (κ3) is 3.97. The molecule has 0 aliphatic rings. The third-order valence-corrected chi connectivity index (χ3v) is 4.36. The van der Waals surface area contributed by atoms with Crippen molar-refractivity contribution in [3.63, 3.8) is 0 Å². The normalized spacial score (nSPS) is 11.4. The predicted molar refractivity (Wildman–Crippen MR) is 90.7 cm³/mol. The molecule has 7 heteroatoms. The van der Waals surface area contributed by atoms with Gasteiger partial charge in [0.1, 0.15) is 5.01 Å². The summed E-state index contributed by atoms with van der Waals surface area (Å²) < 4.78 is 4.54. The fourth-order valence-corrected chi connectivity index (χ4v) is 2.98. The number of rotatable bonds is 5. The van der Waals surface area contributed by atoms with Crippen LogP contribution in [-0.2, 0) is 9.53 Å². The number of benzene rings is 1. The van der Waals surface area contributed by atoms with Gasteiger partial charge in [-0.2, -0.15) is 5.26 Å². The molecule has 1 unspecified atom stereocenters. The Morgan fingerprint density at radius 3 is 2.62 bits per heavy atom. The van der Waals surface area contributed by atoms with E-state index in [0.717, 1.165) is 21.7 Å². The van der Waals surface area contributed by atoms with Gasteiger partial charge in [0.15, 0.2) is 11.7 Å². The number of methoxy groups -OCH3 is 1. The van der Waals surface area contributed by atoms with Crippen LogP contribution in [0.5, 0.6) is 0 Å². The average Bonchev–Trinajstić information content (AvgIpc) is 3.05. The molecule has 24 heavy (non-hydrogen) atoms. The molecule has 1 heterocycles. The quantitative estimate of drug-likeness (QED) is 0.833. The lowest BCUT2D eigenvalue weighted by molar-refractivity contribution is -0.120. The Bertz CT molecular complexity index is 777. The first-order chi connectivity index (χ1) is 11.5. The van der Waals surface area contributed by atoms with E-state index in [1.54, 1.807) is 0 Å². The van der Waals surface area contributed by atoms with Crippen molar-refractivity contribution in [2.45, 2.75) is 12.8 Å². The number of likely N-dealkylation sites (N-methyl/N-ethyl adjacent to an activating group) is 1. The molecule has 2 aromatic rings. The van der Waals surface area contributed by atoms with Gasteiger partial charge in [-0.25, -0.2) is 9.78 Å². The van der Waals surface area contributed by atoms with Crippen LogP contribution >= 0.6 is 11.3 Å². The molecule has 0 saturated carbocycles. The van der Waals surface area contributed by atoms with Crippen molar-refractivity contribution >= 4 is 23.2 Å². The molecule has 0 bridgehead atoms. The van der Waals surface area contributed by atoms with Crippen molar-refractivity contribution in [2.24, 2.45) is 0 Å². The highest BCUT2D eigenvalue weighted by Crippen LogP contribution is 2.27. The van der Waals surface area contributed by atoms with Crippen LogP contribution in [0, 0.1) is 18.3 Å². The summed E-state index contributed by atoms with van der Waals surface area (Å²) in [5.74, 6) is -1.39. The molecule has 1 aromatic heterocycles. The summed E-state index contributed by atoms with van der Waals surface area (Å²) in [5.41, 5.74) is 2.80. The van der Waals surface area contributed by atoms with Crippen LogP contribution in [0.25, 0.3) is 11.3 Å². The average molecular weight is 343 g/mol. The van der Waals surface area contributed by atoms with Gasteiger partial charge < -0.3 is 9.64 Å². The van der Waals surface area contributed by atoms with Crippen molar-refractivity contribution < 1.29 is 14.3 Å². The predicted octanol–water partition coefficient (Wildman–Crippen LogP) is 2.99. The number of nitriles is 1. The number of aryl methyl sites for hydroxylation is 1. The molecule has 0 aliphatic heterocycles. The highest BCUT2D eigenvalue weighted by atomic mass is 32.1. The third-order valence-electron chi connectivity index (χ3n) is 3.45. The highest BCUT2D eigenvalue weighted by molar-refractivity contribution is 7.10. The second kappa shape index (κ2) is 7.70. The standard InChI is InChI=1S/C17H17N3O3S/c1-11-4-6-12(7-5-11)14-10-24-16(19-14)13(8-18)15(21)9-20(2)17(22)23-3/h4-7,10,13H,9H2,1-3H3. The summed E-state index contributed by atoms with van der Waals surface area (Å²) in [6.07, 6.45) is -0.625. The van der Waals surface area contributed by atoms with Crippen LogP contribution in [0.4, 0.5) is 4.79 Å². The lowest BCUT2D eigenvalue weighted by Gasteiger charge is -2.15. The van der Waals surface area contributed by atoms with E-state index < -0.39 is 17.8 Å². The van der Waals surface area contributed by atoms with Crippen LogP contribution in [0.3, 0.4) is 0 Å². The molecule has 1 aromatic carbocycles. The molecule has 0 aliphatic carbocycles. The van der Waals surface area contributed by atoms with E-state index in [9.17, 15) is 14.9 Å². The number of hydrogen-bond donors (Lipinski definition) is 0. The minimum absolute atomic E-state index is 0.204. The molecule has 0 N–H and O–H groups in total. The van der Waals surface area contributed by atoms with Gasteiger partial charge in [-0.05, 0) is 6.92 Å². The zero-order valence-corrected chi connectivity index (χ0v) is 14.5. The van der Waals surface area contributed by atoms with Gasteiger partial charge in [0.2, 0.25) is 0 Å². The maximum Gasteiger partial charge on any atom is 0.409 e. The first-order valence-electron chi connectivity index (χ1n) is 7.20. The Kier molecular flexibility index (Phi) is 5.66. The number of nitrogens with zero attached hydrogens (tertiary/aromatic N) is 3. The smallest absolute Gasteiger partial charge is 0.409 e. The summed E-state index contributed by atoms with van der Waals surface area (Å²) in [4.78, 5) is 29.2.